The van der Waals surface area contributed by atoms with E-state index in [1.165, 1.54) is 12.1 Å². The monoisotopic (exact) mass is 303 g/mol. The molecule has 106 valence electrons. The quantitative estimate of drug-likeness (QED) is 0.749. The van der Waals surface area contributed by atoms with Gasteiger partial charge in [0.1, 0.15) is 5.82 Å². The number of nitrogen functional groups attached to an aromatic ring is 1. The molecule has 4 nitrogen and oxygen atoms in total. The van der Waals surface area contributed by atoms with Gasteiger partial charge in [-0.3, -0.25) is 0 Å². The summed E-state index contributed by atoms with van der Waals surface area (Å²) >= 11 is 5.87. The molecule has 0 atom stereocenters. The Balaban J connectivity index is 1.82. The van der Waals surface area contributed by atoms with Crippen LogP contribution in [-0.2, 0) is 6.42 Å². The molecule has 3 aromatic rings. The second-order valence-corrected chi connectivity index (χ2v) is 4.96. The van der Waals surface area contributed by atoms with Crippen LogP contribution in [0.15, 0.2) is 47.0 Å². The van der Waals surface area contributed by atoms with Gasteiger partial charge in [0.05, 0.1) is 10.7 Å². The fourth-order valence-electron chi connectivity index (χ4n) is 1.90. The maximum atomic E-state index is 12.8. The molecule has 0 aliphatic rings. The molecular formula is C15H11ClFN3O. The van der Waals surface area contributed by atoms with Crippen molar-refractivity contribution in [1.82, 2.24) is 10.1 Å². The van der Waals surface area contributed by atoms with Gasteiger partial charge in [0.2, 0.25) is 0 Å². The molecule has 2 N–H and O–H groups in total. The topological polar surface area (TPSA) is 64.9 Å². The smallest absolute Gasteiger partial charge is 0.258 e. The Kier molecular flexibility index (Phi) is 3.58. The summed E-state index contributed by atoms with van der Waals surface area (Å²) in [6, 6.07) is 11.3. The van der Waals surface area contributed by atoms with Crippen molar-refractivity contribution < 1.29 is 8.91 Å². The lowest BCUT2D eigenvalue weighted by Gasteiger charge is -1.99. The summed E-state index contributed by atoms with van der Waals surface area (Å²) in [6.45, 7) is 0. The summed E-state index contributed by atoms with van der Waals surface area (Å²) in [4.78, 5) is 4.30. The lowest BCUT2D eigenvalue weighted by atomic mass is 10.1. The maximum absolute atomic E-state index is 12.8. The third kappa shape index (κ3) is 3.03. The maximum Gasteiger partial charge on any atom is 0.258 e. The minimum Gasteiger partial charge on any atom is -0.398 e. The minimum absolute atomic E-state index is 0.274. The molecule has 0 amide bonds. The summed E-state index contributed by atoms with van der Waals surface area (Å²) < 4.78 is 18.1. The fraction of sp³-hybridized carbons (Fsp3) is 0.0667. The van der Waals surface area contributed by atoms with Crippen LogP contribution in [0.4, 0.5) is 10.1 Å². The van der Waals surface area contributed by atoms with Crippen LogP contribution in [0.5, 0.6) is 0 Å². The van der Waals surface area contributed by atoms with E-state index in [-0.39, 0.29) is 5.82 Å². The van der Waals surface area contributed by atoms with E-state index in [0.29, 0.717) is 34.4 Å². The highest BCUT2D eigenvalue weighted by molar-refractivity contribution is 6.33. The van der Waals surface area contributed by atoms with Crippen molar-refractivity contribution >= 4 is 17.3 Å². The van der Waals surface area contributed by atoms with Gasteiger partial charge in [-0.05, 0) is 35.9 Å². The summed E-state index contributed by atoms with van der Waals surface area (Å²) in [7, 11) is 0. The molecule has 0 spiro atoms. The third-order valence-corrected chi connectivity index (χ3v) is 3.33. The summed E-state index contributed by atoms with van der Waals surface area (Å²) in [5.41, 5.74) is 7.80. The van der Waals surface area contributed by atoms with Gasteiger partial charge in [-0.15, -0.1) is 0 Å². The van der Waals surface area contributed by atoms with Gasteiger partial charge in [0.25, 0.3) is 5.89 Å². The highest BCUT2D eigenvalue weighted by Crippen LogP contribution is 2.25. The normalized spacial score (nSPS) is 10.8. The predicted molar refractivity (Wildman–Crippen MR) is 78.4 cm³/mol. The van der Waals surface area contributed by atoms with E-state index in [2.05, 4.69) is 10.1 Å². The van der Waals surface area contributed by atoms with Crippen molar-refractivity contribution in [2.24, 2.45) is 0 Å². The van der Waals surface area contributed by atoms with E-state index in [1.54, 1.807) is 30.3 Å². The van der Waals surface area contributed by atoms with Crippen molar-refractivity contribution in [3.63, 3.8) is 0 Å². The molecule has 1 heterocycles. The SMILES string of the molecule is Nc1cc(-c2nc(Cc3ccc(F)cc3)no2)ccc1Cl. The minimum atomic E-state index is -0.274. The van der Waals surface area contributed by atoms with Crippen LogP contribution in [0, 0.1) is 5.82 Å². The molecule has 1 aromatic heterocycles. The highest BCUT2D eigenvalue weighted by atomic mass is 35.5. The first-order valence-corrected chi connectivity index (χ1v) is 6.62. The number of benzene rings is 2. The van der Waals surface area contributed by atoms with Crippen LogP contribution in [0.2, 0.25) is 5.02 Å². The Labute approximate surface area is 125 Å². The molecule has 2 aromatic carbocycles. The van der Waals surface area contributed by atoms with Gasteiger partial charge >= 0.3 is 0 Å². The van der Waals surface area contributed by atoms with E-state index in [0.717, 1.165) is 5.56 Å². The first-order valence-electron chi connectivity index (χ1n) is 6.24. The van der Waals surface area contributed by atoms with Gasteiger partial charge < -0.3 is 10.3 Å². The number of hydrogen-bond donors (Lipinski definition) is 1. The summed E-state index contributed by atoms with van der Waals surface area (Å²) in [5, 5.41) is 4.39. The van der Waals surface area contributed by atoms with Crippen LogP contribution >= 0.6 is 11.6 Å². The van der Waals surface area contributed by atoms with Crippen LogP contribution in [0.25, 0.3) is 11.5 Å². The van der Waals surface area contributed by atoms with E-state index in [1.807, 2.05) is 0 Å². The van der Waals surface area contributed by atoms with Gasteiger partial charge in [0.15, 0.2) is 5.82 Å². The molecule has 0 aliphatic carbocycles. The molecule has 0 saturated heterocycles. The fourth-order valence-corrected chi connectivity index (χ4v) is 2.02. The Morgan fingerprint density at radius 1 is 1.14 bits per heavy atom. The number of nitrogens with zero attached hydrogens (tertiary/aromatic N) is 2. The Bertz CT molecular complexity index is 771. The third-order valence-electron chi connectivity index (χ3n) is 2.99. The highest BCUT2D eigenvalue weighted by Gasteiger charge is 2.10. The summed E-state index contributed by atoms with van der Waals surface area (Å²) in [6.07, 6.45) is 0.465. The van der Waals surface area contributed by atoms with Crippen LogP contribution in [0.3, 0.4) is 0 Å². The first kappa shape index (κ1) is 13.6. The van der Waals surface area contributed by atoms with Crippen molar-refractivity contribution in [2.45, 2.75) is 6.42 Å². The zero-order chi connectivity index (χ0) is 14.8. The van der Waals surface area contributed by atoms with Gasteiger partial charge in [-0.2, -0.15) is 4.98 Å². The molecule has 21 heavy (non-hydrogen) atoms. The number of rotatable bonds is 3. The number of hydrogen-bond acceptors (Lipinski definition) is 4. The van der Waals surface area contributed by atoms with Crippen LogP contribution in [0.1, 0.15) is 11.4 Å². The molecule has 0 radical (unpaired) electrons. The second kappa shape index (κ2) is 5.54. The first-order chi connectivity index (χ1) is 10.1. The molecular weight excluding hydrogens is 293 g/mol. The second-order valence-electron chi connectivity index (χ2n) is 4.56. The standard InChI is InChI=1S/C15H11ClFN3O/c16-12-6-3-10(8-13(12)18)15-19-14(20-21-15)7-9-1-4-11(17)5-2-9/h1-6,8H,7,18H2. The molecule has 0 bridgehead atoms. The number of halogens is 2. The largest absolute Gasteiger partial charge is 0.398 e. The van der Waals surface area contributed by atoms with Crippen LogP contribution in [-0.4, -0.2) is 10.1 Å². The average molecular weight is 304 g/mol. The molecule has 0 saturated carbocycles. The number of nitrogens with two attached hydrogens (primary N) is 1. The van der Waals surface area contributed by atoms with Crippen molar-refractivity contribution in [1.29, 1.82) is 0 Å². The van der Waals surface area contributed by atoms with Crippen LogP contribution < -0.4 is 5.73 Å². The van der Waals surface area contributed by atoms with Gasteiger partial charge in [-0.1, -0.05) is 28.9 Å². The van der Waals surface area contributed by atoms with Crippen molar-refractivity contribution in [2.75, 3.05) is 5.73 Å². The van der Waals surface area contributed by atoms with E-state index >= 15 is 0 Å². The van der Waals surface area contributed by atoms with Gasteiger partial charge in [0, 0.05) is 12.0 Å². The molecule has 6 heteroatoms. The molecule has 0 fully saturated rings. The Morgan fingerprint density at radius 3 is 2.62 bits per heavy atom. The van der Waals surface area contributed by atoms with Crippen molar-refractivity contribution in [3.05, 3.63) is 64.7 Å². The predicted octanol–water partition coefficient (Wildman–Crippen LogP) is 3.70. The van der Waals surface area contributed by atoms with E-state index in [9.17, 15) is 4.39 Å². The van der Waals surface area contributed by atoms with Crippen molar-refractivity contribution in [3.8, 4) is 11.5 Å². The van der Waals surface area contributed by atoms with E-state index in [4.69, 9.17) is 21.9 Å². The lowest BCUT2D eigenvalue weighted by molar-refractivity contribution is 0.424. The Morgan fingerprint density at radius 2 is 1.90 bits per heavy atom. The zero-order valence-electron chi connectivity index (χ0n) is 10.9. The zero-order valence-corrected chi connectivity index (χ0v) is 11.6. The lowest BCUT2D eigenvalue weighted by Crippen LogP contribution is -1.91. The average Bonchev–Trinajstić information content (AvgIpc) is 2.93. The molecule has 0 aliphatic heterocycles. The molecule has 3 rings (SSSR count). The number of anilines is 1. The summed E-state index contributed by atoms with van der Waals surface area (Å²) in [5.74, 6) is 0.616. The van der Waals surface area contributed by atoms with Gasteiger partial charge in [-0.25, -0.2) is 4.39 Å². The van der Waals surface area contributed by atoms with E-state index < -0.39 is 0 Å². The molecule has 0 unspecified atom stereocenters. The Hall–Kier alpha value is -2.40. The number of aromatic nitrogens is 2.